The first-order chi connectivity index (χ1) is 16.4. The second-order valence-corrected chi connectivity index (χ2v) is 13.2. The molecule has 0 atom stereocenters. The third kappa shape index (κ3) is 11.3. The van der Waals surface area contributed by atoms with E-state index in [0.29, 0.717) is 0 Å². The first-order valence-electron chi connectivity index (χ1n) is 10.0. The second kappa shape index (κ2) is 19.3. The van der Waals surface area contributed by atoms with E-state index in [1.165, 1.54) is 21.2 Å². The van der Waals surface area contributed by atoms with Gasteiger partial charge in [-0.15, -0.1) is 0 Å². The Morgan fingerprint density at radius 2 is 0.571 bits per heavy atom. The molecule has 0 unspecified atom stereocenters. The van der Waals surface area contributed by atoms with Gasteiger partial charge in [0.2, 0.25) is 0 Å². The van der Waals surface area contributed by atoms with Crippen molar-refractivity contribution in [3.63, 3.8) is 0 Å². The number of benzene rings is 4. The van der Waals surface area contributed by atoms with Crippen molar-refractivity contribution < 1.29 is 37.2 Å². The Morgan fingerprint density at radius 1 is 0.429 bits per heavy atom. The SMILES string of the molecule is [CH2-][P+]([CH2-])(c1ccccc1)c1ccccc1.[CH2-][P+]([CH2-])(c1ccccc1)c1ccccc1.[CH3-].[Cl][Au].[I][Au]. The minimum absolute atomic E-state index is 0. The summed E-state index contributed by atoms with van der Waals surface area (Å²) in [5.74, 6) is 0. The Kier molecular flexibility index (Phi) is 19.5. The zero-order chi connectivity index (χ0) is 25.5. The third-order valence-electron chi connectivity index (χ3n) is 5.00. The van der Waals surface area contributed by atoms with E-state index in [-0.39, 0.29) is 7.43 Å². The molecule has 0 N–H and O–H groups in total. The predicted octanol–water partition coefficient (Wildman–Crippen LogP) is 8.50. The van der Waals surface area contributed by atoms with Gasteiger partial charge in [0.1, 0.15) is 0 Å². The van der Waals surface area contributed by atoms with Crippen LogP contribution in [0.1, 0.15) is 0 Å². The third-order valence-corrected chi connectivity index (χ3v) is 10.1. The van der Waals surface area contributed by atoms with Gasteiger partial charge in [-0.3, -0.25) is 0 Å². The van der Waals surface area contributed by atoms with Crippen molar-refractivity contribution >= 4 is 64.0 Å². The van der Waals surface area contributed by atoms with Crippen LogP contribution in [0.4, 0.5) is 0 Å². The van der Waals surface area contributed by atoms with E-state index >= 15 is 0 Å². The zero-order valence-electron chi connectivity index (χ0n) is 19.6. The summed E-state index contributed by atoms with van der Waals surface area (Å²) in [6, 6.07) is 41.3. The van der Waals surface area contributed by atoms with Crippen LogP contribution in [0.3, 0.4) is 0 Å². The summed E-state index contributed by atoms with van der Waals surface area (Å²) in [7, 11) is 1.29. The number of halogens is 2. The van der Waals surface area contributed by atoms with E-state index in [1.54, 1.807) is 20.0 Å². The molecule has 4 aromatic rings. The summed E-state index contributed by atoms with van der Waals surface area (Å²) in [4.78, 5) is 0. The summed E-state index contributed by atoms with van der Waals surface area (Å²) in [6.45, 7) is 17.2. The monoisotopic (exact) mass is 997 g/mol. The van der Waals surface area contributed by atoms with Crippen molar-refractivity contribution in [3.8, 4) is 0 Å². The normalized spacial score (nSPS) is 10.1. The Morgan fingerprint density at radius 3 is 0.714 bits per heavy atom. The number of hydrogen-bond acceptors (Lipinski definition) is 0. The topological polar surface area (TPSA) is 0 Å². The molecule has 0 aliphatic carbocycles. The quantitative estimate of drug-likeness (QED) is 0.0834. The number of rotatable bonds is 4. The molecule has 0 aliphatic heterocycles. The van der Waals surface area contributed by atoms with Crippen molar-refractivity contribution in [2.75, 3.05) is 0 Å². The van der Waals surface area contributed by atoms with Crippen molar-refractivity contribution in [1.29, 1.82) is 0 Å². The second-order valence-electron chi connectivity index (χ2n) is 7.28. The fourth-order valence-corrected chi connectivity index (χ4v) is 6.72. The molecule has 0 fully saturated rings. The molecular formula is C29H31Au2ClIP2-3. The molecule has 0 amide bonds. The zero-order valence-corrected chi connectivity index (χ0v) is 28.7. The molecule has 0 spiro atoms. The molecular weight excluding hydrogens is 967 g/mol. The van der Waals surface area contributed by atoms with Gasteiger partial charge in [-0.25, -0.2) is 0 Å². The maximum absolute atomic E-state index is 4.58. The number of hydrogen-bond donors (Lipinski definition) is 0. The van der Waals surface area contributed by atoms with Gasteiger partial charge in [-0.2, -0.15) is 41.2 Å². The van der Waals surface area contributed by atoms with E-state index in [2.05, 4.69) is 121 Å². The van der Waals surface area contributed by atoms with Gasteiger partial charge in [0.15, 0.2) is 0 Å². The molecule has 0 saturated heterocycles. The van der Waals surface area contributed by atoms with Gasteiger partial charge in [-0.05, 0) is 48.5 Å². The van der Waals surface area contributed by atoms with Crippen LogP contribution in [0.15, 0.2) is 121 Å². The van der Waals surface area contributed by atoms with Gasteiger partial charge in [0.25, 0.3) is 0 Å². The maximum atomic E-state index is 4.58. The van der Waals surface area contributed by atoms with Crippen molar-refractivity contribution in [1.82, 2.24) is 0 Å². The van der Waals surface area contributed by atoms with Gasteiger partial charge < -0.3 is 7.43 Å². The van der Waals surface area contributed by atoms with E-state index < -0.39 is 14.5 Å². The summed E-state index contributed by atoms with van der Waals surface area (Å²) >= 11 is 6.09. The molecule has 0 bridgehead atoms. The molecule has 0 heterocycles. The summed E-state index contributed by atoms with van der Waals surface area (Å²) < 4.78 is 0. The Labute approximate surface area is 253 Å². The van der Waals surface area contributed by atoms with E-state index in [1.807, 2.05) is 72.8 Å². The first-order valence-corrected chi connectivity index (χ1v) is 23.2. The van der Waals surface area contributed by atoms with Crippen molar-refractivity contribution in [2.24, 2.45) is 0 Å². The van der Waals surface area contributed by atoms with Crippen LogP contribution < -0.4 is 21.2 Å². The van der Waals surface area contributed by atoms with Gasteiger partial charge in [-0.1, -0.05) is 72.8 Å². The van der Waals surface area contributed by atoms with Gasteiger partial charge in [0, 0.05) is 21.2 Å². The van der Waals surface area contributed by atoms with Crippen LogP contribution in [0.25, 0.3) is 0 Å². The molecule has 4 rings (SSSR count). The van der Waals surface area contributed by atoms with Gasteiger partial charge >= 0.3 is 65.4 Å². The fraction of sp³-hybridized carbons (Fsp3) is 0. The Hall–Kier alpha value is 0.241. The first kappa shape index (κ1) is 35.2. The molecule has 196 valence electrons. The van der Waals surface area contributed by atoms with Crippen molar-refractivity contribution in [3.05, 3.63) is 155 Å². The van der Waals surface area contributed by atoms with Gasteiger partial charge in [0.05, 0.1) is 0 Å². The molecule has 0 saturated carbocycles. The predicted molar refractivity (Wildman–Crippen MR) is 166 cm³/mol. The molecule has 0 nitrogen and oxygen atoms in total. The summed E-state index contributed by atoms with van der Waals surface area (Å²) in [6.07, 6.45) is 0. The molecule has 0 aliphatic rings. The van der Waals surface area contributed by atoms with Crippen molar-refractivity contribution in [2.45, 2.75) is 0 Å². The summed E-state index contributed by atoms with van der Waals surface area (Å²) in [5, 5.41) is 4.99. The van der Waals surface area contributed by atoms with Crippen LogP contribution in [0.2, 0.25) is 0 Å². The van der Waals surface area contributed by atoms with Crippen LogP contribution in [0.5, 0.6) is 0 Å². The van der Waals surface area contributed by atoms with Crippen LogP contribution >= 0.6 is 42.7 Å². The Balaban J connectivity index is 0.000000565. The van der Waals surface area contributed by atoms with E-state index in [9.17, 15) is 0 Å². The molecule has 6 heteroatoms. The molecule has 4 aromatic carbocycles. The minimum atomic E-state index is -1.65. The average Bonchev–Trinajstić information content (AvgIpc) is 2.93. The molecule has 0 aromatic heterocycles. The summed E-state index contributed by atoms with van der Waals surface area (Å²) in [5.41, 5.74) is 0. The van der Waals surface area contributed by atoms with Crippen LogP contribution in [-0.4, -0.2) is 0 Å². The molecule has 0 radical (unpaired) electrons. The van der Waals surface area contributed by atoms with Crippen LogP contribution in [0, 0.1) is 34.1 Å². The van der Waals surface area contributed by atoms with Crippen LogP contribution in [-0.2, 0) is 37.2 Å². The fourth-order valence-electron chi connectivity index (χ4n) is 3.15. The average molecular weight is 998 g/mol. The Bertz CT molecular complexity index is 863. The van der Waals surface area contributed by atoms with E-state index in [0.717, 1.165) is 0 Å². The van der Waals surface area contributed by atoms with E-state index in [4.69, 9.17) is 0 Å². The molecule has 35 heavy (non-hydrogen) atoms. The standard InChI is InChI=1S/2C14H14P.CH3.2Au.ClH.HI/c2*1-15(2,13-9-5-3-6-10-13)14-11-7-4-8-12-14;;;;;/h2*3-12H,1-2H2;1H3;;;2*1H/q3*-1;2*+1;;/p-2.